The molecule has 1 fully saturated rings. The Morgan fingerprint density at radius 1 is 1.25 bits per heavy atom. The van der Waals surface area contributed by atoms with Crippen molar-refractivity contribution in [2.75, 3.05) is 19.7 Å². The van der Waals surface area contributed by atoms with Crippen molar-refractivity contribution in [3.8, 4) is 0 Å². The predicted molar refractivity (Wildman–Crippen MR) is 89.6 cm³/mol. The molecule has 24 heavy (non-hydrogen) atoms. The van der Waals surface area contributed by atoms with Gasteiger partial charge >= 0.3 is 5.97 Å². The molecule has 1 saturated heterocycles. The van der Waals surface area contributed by atoms with Gasteiger partial charge in [-0.3, -0.25) is 14.4 Å². The maximum atomic E-state index is 12.1. The maximum absolute atomic E-state index is 12.1. The highest BCUT2D eigenvalue weighted by molar-refractivity contribution is 6.42. The van der Waals surface area contributed by atoms with Gasteiger partial charge in [-0.25, -0.2) is 0 Å². The first-order chi connectivity index (χ1) is 11.4. The zero-order valence-corrected chi connectivity index (χ0v) is 14.5. The molecule has 1 aromatic rings. The Kier molecular flexibility index (Phi) is 6.45. The molecule has 0 spiro atoms. The van der Waals surface area contributed by atoms with E-state index in [0.29, 0.717) is 35.0 Å². The molecule has 2 N–H and O–H groups in total. The van der Waals surface area contributed by atoms with Gasteiger partial charge in [0.05, 0.1) is 22.4 Å². The molecule has 2 amide bonds. The molecule has 0 radical (unpaired) electrons. The minimum Gasteiger partial charge on any atom is -0.455 e. The van der Waals surface area contributed by atoms with Crippen LogP contribution in [-0.4, -0.2) is 42.4 Å². The van der Waals surface area contributed by atoms with E-state index in [0.717, 1.165) is 0 Å². The largest absolute Gasteiger partial charge is 0.455 e. The van der Waals surface area contributed by atoms with Crippen molar-refractivity contribution in [2.24, 2.45) is 11.7 Å². The molecule has 0 aromatic heterocycles. The van der Waals surface area contributed by atoms with E-state index in [9.17, 15) is 14.4 Å². The number of hydrogen-bond acceptors (Lipinski definition) is 4. The van der Waals surface area contributed by atoms with Gasteiger partial charge in [0, 0.05) is 13.1 Å². The van der Waals surface area contributed by atoms with Gasteiger partial charge in [0.1, 0.15) is 0 Å². The van der Waals surface area contributed by atoms with E-state index in [2.05, 4.69) is 0 Å². The summed E-state index contributed by atoms with van der Waals surface area (Å²) in [6.45, 7) is 0.455. The van der Waals surface area contributed by atoms with Crippen LogP contribution in [0.15, 0.2) is 18.2 Å². The fraction of sp³-hybridized carbons (Fsp3) is 0.438. The fourth-order valence-electron chi connectivity index (χ4n) is 2.54. The molecule has 1 heterocycles. The molecule has 8 heteroatoms. The van der Waals surface area contributed by atoms with Crippen LogP contribution in [-0.2, 0) is 25.5 Å². The summed E-state index contributed by atoms with van der Waals surface area (Å²) >= 11 is 11.7. The van der Waals surface area contributed by atoms with Crippen LogP contribution in [0.25, 0.3) is 0 Å². The highest BCUT2D eigenvalue weighted by atomic mass is 35.5. The summed E-state index contributed by atoms with van der Waals surface area (Å²) < 4.78 is 5.00. The Morgan fingerprint density at radius 3 is 2.67 bits per heavy atom. The number of rotatable bonds is 5. The van der Waals surface area contributed by atoms with E-state index in [-0.39, 0.29) is 31.4 Å². The average molecular weight is 373 g/mol. The lowest BCUT2D eigenvalue weighted by Gasteiger charge is -2.31. The number of carbonyl (C=O) groups is 3. The summed E-state index contributed by atoms with van der Waals surface area (Å²) in [7, 11) is 0. The zero-order valence-electron chi connectivity index (χ0n) is 13.0. The minimum atomic E-state index is -0.537. The molecular formula is C16H18Cl2N2O4. The summed E-state index contributed by atoms with van der Waals surface area (Å²) in [5.74, 6) is -1.62. The molecule has 130 valence electrons. The number of nitrogens with two attached hydrogens (primary N) is 1. The Balaban J connectivity index is 1.81. The number of likely N-dealkylation sites (tertiary alicyclic amines) is 1. The third-order valence-electron chi connectivity index (χ3n) is 3.87. The second-order valence-corrected chi connectivity index (χ2v) is 6.48. The lowest BCUT2D eigenvalue weighted by atomic mass is 9.97. The summed E-state index contributed by atoms with van der Waals surface area (Å²) in [4.78, 5) is 36.6. The number of primary amides is 1. The van der Waals surface area contributed by atoms with Crippen molar-refractivity contribution < 1.29 is 19.1 Å². The van der Waals surface area contributed by atoms with E-state index in [1.54, 1.807) is 18.2 Å². The van der Waals surface area contributed by atoms with E-state index in [1.807, 2.05) is 0 Å². The highest BCUT2D eigenvalue weighted by Gasteiger charge is 2.27. The van der Waals surface area contributed by atoms with E-state index in [4.69, 9.17) is 33.7 Å². The molecule has 1 aromatic carbocycles. The topological polar surface area (TPSA) is 89.7 Å². The molecule has 1 aliphatic rings. The number of benzene rings is 1. The highest BCUT2D eigenvalue weighted by Crippen LogP contribution is 2.23. The second-order valence-electron chi connectivity index (χ2n) is 5.67. The molecule has 0 bridgehead atoms. The Bertz CT molecular complexity index is 651. The van der Waals surface area contributed by atoms with Gasteiger partial charge in [-0.15, -0.1) is 0 Å². The number of amides is 2. The SMILES string of the molecule is NC(=O)[C@@H]1CCCN(C(=O)COC(=O)Cc2ccc(Cl)c(Cl)c2)C1. The van der Waals surface area contributed by atoms with E-state index >= 15 is 0 Å². The van der Waals surface area contributed by atoms with Gasteiger partial charge in [-0.2, -0.15) is 0 Å². The number of ether oxygens (including phenoxy) is 1. The lowest BCUT2D eigenvalue weighted by Crippen LogP contribution is -2.45. The zero-order chi connectivity index (χ0) is 17.7. The number of halogens is 2. The molecule has 6 nitrogen and oxygen atoms in total. The van der Waals surface area contributed by atoms with Crippen LogP contribution in [0.5, 0.6) is 0 Å². The van der Waals surface area contributed by atoms with Crippen LogP contribution in [0, 0.1) is 5.92 Å². The first-order valence-corrected chi connectivity index (χ1v) is 8.29. The summed E-state index contributed by atoms with van der Waals surface area (Å²) in [5.41, 5.74) is 5.92. The number of nitrogens with zero attached hydrogens (tertiary/aromatic N) is 1. The molecule has 0 saturated carbocycles. The molecule has 0 unspecified atom stereocenters. The van der Waals surface area contributed by atoms with Crippen LogP contribution in [0.1, 0.15) is 18.4 Å². The van der Waals surface area contributed by atoms with Crippen LogP contribution in [0.4, 0.5) is 0 Å². The first kappa shape index (κ1) is 18.5. The second kappa shape index (κ2) is 8.35. The molecule has 0 aliphatic carbocycles. The summed E-state index contributed by atoms with van der Waals surface area (Å²) in [6, 6.07) is 4.84. The molecule has 1 atom stereocenters. The third-order valence-corrected chi connectivity index (χ3v) is 4.60. The fourth-order valence-corrected chi connectivity index (χ4v) is 2.86. The number of hydrogen-bond donors (Lipinski definition) is 1. The maximum Gasteiger partial charge on any atom is 0.310 e. The van der Waals surface area contributed by atoms with Gasteiger partial charge in [0.25, 0.3) is 5.91 Å². The lowest BCUT2D eigenvalue weighted by molar-refractivity contribution is -0.152. The molecule has 2 rings (SSSR count). The van der Waals surface area contributed by atoms with Gasteiger partial charge in [0.15, 0.2) is 6.61 Å². The average Bonchev–Trinajstić information content (AvgIpc) is 2.56. The van der Waals surface area contributed by atoms with Crippen LogP contribution in [0.3, 0.4) is 0 Å². The van der Waals surface area contributed by atoms with Crippen LogP contribution in [0.2, 0.25) is 10.0 Å². The van der Waals surface area contributed by atoms with Crippen molar-refractivity contribution in [3.05, 3.63) is 33.8 Å². The van der Waals surface area contributed by atoms with Crippen molar-refractivity contribution in [2.45, 2.75) is 19.3 Å². The number of carbonyl (C=O) groups excluding carboxylic acids is 3. The smallest absolute Gasteiger partial charge is 0.310 e. The van der Waals surface area contributed by atoms with Crippen molar-refractivity contribution >= 4 is 41.0 Å². The van der Waals surface area contributed by atoms with Gasteiger partial charge in [-0.1, -0.05) is 29.3 Å². The van der Waals surface area contributed by atoms with Gasteiger partial charge in [0.2, 0.25) is 5.91 Å². The summed E-state index contributed by atoms with van der Waals surface area (Å²) in [5, 5.41) is 0.752. The minimum absolute atomic E-state index is 0.00587. The van der Waals surface area contributed by atoms with Gasteiger partial charge < -0.3 is 15.4 Å². The van der Waals surface area contributed by atoms with E-state index in [1.165, 1.54) is 4.90 Å². The number of piperidine rings is 1. The van der Waals surface area contributed by atoms with Crippen LogP contribution < -0.4 is 5.73 Å². The Morgan fingerprint density at radius 2 is 2.00 bits per heavy atom. The third kappa shape index (κ3) is 5.11. The standard InChI is InChI=1S/C16H18Cl2N2O4/c17-12-4-3-10(6-13(12)18)7-15(22)24-9-14(21)20-5-1-2-11(8-20)16(19)23/h3-4,6,11H,1-2,5,7-9H2,(H2,19,23)/t11-/m1/s1. The Labute approximate surface area is 149 Å². The van der Waals surface area contributed by atoms with E-state index < -0.39 is 11.9 Å². The molecular weight excluding hydrogens is 355 g/mol. The molecule has 1 aliphatic heterocycles. The van der Waals surface area contributed by atoms with Crippen LogP contribution >= 0.6 is 23.2 Å². The predicted octanol–water partition coefficient (Wildman–Crippen LogP) is 1.80. The van der Waals surface area contributed by atoms with Crippen molar-refractivity contribution in [1.29, 1.82) is 0 Å². The quantitative estimate of drug-likeness (QED) is 0.797. The van der Waals surface area contributed by atoms with Gasteiger partial charge in [-0.05, 0) is 30.5 Å². The first-order valence-electron chi connectivity index (χ1n) is 7.53. The Hall–Kier alpha value is -1.79. The van der Waals surface area contributed by atoms with Crippen molar-refractivity contribution in [3.63, 3.8) is 0 Å². The number of esters is 1. The monoisotopic (exact) mass is 372 g/mol. The summed E-state index contributed by atoms with van der Waals surface area (Å²) in [6.07, 6.45) is 1.38. The normalized spacial score (nSPS) is 17.4. The van der Waals surface area contributed by atoms with Crippen molar-refractivity contribution in [1.82, 2.24) is 4.90 Å².